The summed E-state index contributed by atoms with van der Waals surface area (Å²) in [5.41, 5.74) is 5.00. The third-order valence-electron chi connectivity index (χ3n) is 6.59. The molecule has 0 fully saturated rings. The second kappa shape index (κ2) is 11.0. The predicted octanol–water partition coefficient (Wildman–Crippen LogP) is 7.62. The van der Waals surface area contributed by atoms with Gasteiger partial charge in [0.2, 0.25) is 0 Å². The number of hydrogen-bond acceptors (Lipinski definition) is 4. The van der Waals surface area contributed by atoms with Gasteiger partial charge in [0.25, 0.3) is 10.0 Å². The minimum absolute atomic E-state index is 0.0905. The summed E-state index contributed by atoms with van der Waals surface area (Å²) in [4.78, 5) is 0.278. The van der Waals surface area contributed by atoms with Gasteiger partial charge in [0.05, 0.1) is 4.90 Å². The van der Waals surface area contributed by atoms with Crippen molar-refractivity contribution < 1.29 is 12.9 Å². The second-order valence-electron chi connectivity index (χ2n) is 8.98. The van der Waals surface area contributed by atoms with E-state index < -0.39 is 10.0 Å². The highest BCUT2D eigenvalue weighted by atomic mass is 32.2. The van der Waals surface area contributed by atoms with E-state index in [1.54, 1.807) is 13.8 Å². The Labute approximate surface area is 204 Å². The first-order valence-corrected chi connectivity index (χ1v) is 13.5. The van der Waals surface area contributed by atoms with E-state index in [4.69, 9.17) is 4.52 Å². The van der Waals surface area contributed by atoms with Gasteiger partial charge in [-0.2, -0.15) is 0 Å². The quantitative estimate of drug-likeness (QED) is 0.226. The first kappa shape index (κ1) is 25.8. The molecule has 0 bridgehead atoms. The lowest BCUT2D eigenvalue weighted by atomic mass is 9.87. The fourth-order valence-corrected chi connectivity index (χ4v) is 5.96. The Morgan fingerprint density at radius 2 is 1.74 bits per heavy atom. The van der Waals surface area contributed by atoms with E-state index in [1.165, 1.54) is 19.3 Å². The van der Waals surface area contributed by atoms with Gasteiger partial charge in [-0.25, -0.2) is 8.42 Å². The fourth-order valence-electron chi connectivity index (χ4n) is 4.42. The Morgan fingerprint density at radius 3 is 2.35 bits per heavy atom. The standard InChI is InChI=1S/C28H36N2O3S/c1-7-9-10-11-15-23(8-2)25-17-18-26(24-16-13-12-14-19(24)3)27(21(25)5)34(31,32)30-28-20(4)22(6)33-29-28/h8,12-14,16-18,23H,2,7,9-11,15H2,1,3-6H3,(H,29,30). The summed E-state index contributed by atoms with van der Waals surface area (Å²) in [5.74, 6) is 0.895. The molecule has 1 heterocycles. The number of hydrogen-bond donors (Lipinski definition) is 1. The molecule has 0 amide bonds. The van der Waals surface area contributed by atoms with Gasteiger partial charge in [-0.1, -0.05) is 80.2 Å². The largest absolute Gasteiger partial charge is 0.359 e. The molecule has 0 aliphatic heterocycles. The molecule has 2 aromatic carbocycles. The number of sulfonamides is 1. The van der Waals surface area contributed by atoms with E-state index in [2.05, 4.69) is 29.4 Å². The van der Waals surface area contributed by atoms with Crippen LogP contribution in [0.5, 0.6) is 0 Å². The number of nitrogens with zero attached hydrogens (tertiary/aromatic N) is 1. The van der Waals surface area contributed by atoms with Crippen LogP contribution in [-0.4, -0.2) is 13.6 Å². The molecule has 34 heavy (non-hydrogen) atoms. The van der Waals surface area contributed by atoms with E-state index in [0.29, 0.717) is 16.9 Å². The van der Waals surface area contributed by atoms with Crippen LogP contribution in [0.1, 0.15) is 73.0 Å². The average molecular weight is 481 g/mol. The van der Waals surface area contributed by atoms with Crippen molar-refractivity contribution in [2.75, 3.05) is 4.72 Å². The highest BCUT2D eigenvalue weighted by molar-refractivity contribution is 7.93. The number of rotatable bonds is 11. The molecule has 0 spiro atoms. The van der Waals surface area contributed by atoms with Crippen LogP contribution in [0.15, 0.2) is 58.5 Å². The summed E-state index contributed by atoms with van der Waals surface area (Å²) in [6.07, 6.45) is 7.52. The lowest BCUT2D eigenvalue weighted by Gasteiger charge is -2.22. The number of aromatic nitrogens is 1. The molecule has 5 nitrogen and oxygen atoms in total. The smallest absolute Gasteiger partial charge is 0.264 e. The lowest BCUT2D eigenvalue weighted by molar-refractivity contribution is 0.399. The zero-order valence-electron chi connectivity index (χ0n) is 20.9. The molecule has 3 rings (SSSR count). The van der Waals surface area contributed by atoms with E-state index in [0.717, 1.165) is 35.1 Å². The van der Waals surface area contributed by atoms with Gasteiger partial charge in [-0.3, -0.25) is 4.72 Å². The first-order valence-electron chi connectivity index (χ1n) is 12.0. The van der Waals surface area contributed by atoms with Gasteiger partial charge in [-0.15, -0.1) is 6.58 Å². The Bertz CT molecular complexity index is 1260. The van der Waals surface area contributed by atoms with E-state index in [-0.39, 0.29) is 16.6 Å². The van der Waals surface area contributed by atoms with E-state index in [9.17, 15) is 8.42 Å². The van der Waals surface area contributed by atoms with Gasteiger partial charge >= 0.3 is 0 Å². The number of allylic oxidation sites excluding steroid dienone is 1. The SMILES string of the molecule is C=CC(CCCCCC)c1ccc(-c2ccccc2C)c(S(=O)(=O)Nc2noc(C)c2C)c1C. The van der Waals surface area contributed by atoms with Crippen LogP contribution < -0.4 is 4.72 Å². The monoisotopic (exact) mass is 480 g/mol. The molecule has 0 aliphatic carbocycles. The summed E-state index contributed by atoms with van der Waals surface area (Å²) >= 11 is 0. The molecule has 182 valence electrons. The van der Waals surface area contributed by atoms with Crippen LogP contribution in [0, 0.1) is 27.7 Å². The summed E-state index contributed by atoms with van der Waals surface area (Å²) in [6.45, 7) is 13.7. The third kappa shape index (κ3) is 5.44. The molecule has 0 radical (unpaired) electrons. The summed E-state index contributed by atoms with van der Waals surface area (Å²) < 4.78 is 35.5. The van der Waals surface area contributed by atoms with Gasteiger partial charge in [0.15, 0.2) is 5.82 Å². The zero-order valence-corrected chi connectivity index (χ0v) is 21.8. The molecule has 1 N–H and O–H groups in total. The van der Waals surface area contributed by atoms with Crippen LogP contribution in [-0.2, 0) is 10.0 Å². The molecular weight excluding hydrogens is 444 g/mol. The van der Waals surface area contributed by atoms with Crippen molar-refractivity contribution in [1.29, 1.82) is 0 Å². The maximum absolute atomic E-state index is 13.8. The highest BCUT2D eigenvalue weighted by Gasteiger charge is 2.28. The summed E-state index contributed by atoms with van der Waals surface area (Å²) in [5, 5.41) is 3.93. The second-order valence-corrected chi connectivity index (χ2v) is 10.6. The van der Waals surface area contributed by atoms with Crippen LogP contribution in [0.4, 0.5) is 5.82 Å². The lowest BCUT2D eigenvalue weighted by Crippen LogP contribution is -2.18. The van der Waals surface area contributed by atoms with Crippen molar-refractivity contribution in [2.45, 2.75) is 77.5 Å². The Balaban J connectivity index is 2.15. The van der Waals surface area contributed by atoms with Crippen molar-refractivity contribution in [3.8, 4) is 11.1 Å². The molecule has 1 aromatic heterocycles. The van der Waals surface area contributed by atoms with E-state index >= 15 is 0 Å². The minimum Gasteiger partial charge on any atom is -0.359 e. The van der Waals surface area contributed by atoms with Crippen molar-refractivity contribution in [3.05, 3.63) is 77.1 Å². The molecule has 6 heteroatoms. The van der Waals surface area contributed by atoms with Gasteiger partial charge in [-0.05, 0) is 56.4 Å². The van der Waals surface area contributed by atoms with Crippen LogP contribution in [0.25, 0.3) is 11.1 Å². The first-order chi connectivity index (χ1) is 16.2. The van der Waals surface area contributed by atoms with Crippen molar-refractivity contribution >= 4 is 15.8 Å². The molecule has 1 unspecified atom stereocenters. The number of unbranched alkanes of at least 4 members (excludes halogenated alkanes) is 3. The molecular formula is C28H36N2O3S. The molecule has 0 aliphatic rings. The van der Waals surface area contributed by atoms with Gasteiger partial charge in [0.1, 0.15) is 5.76 Å². The van der Waals surface area contributed by atoms with Gasteiger partial charge in [0, 0.05) is 17.0 Å². The van der Waals surface area contributed by atoms with Crippen molar-refractivity contribution in [2.24, 2.45) is 0 Å². The Hall–Kier alpha value is -2.86. The topological polar surface area (TPSA) is 72.2 Å². The maximum Gasteiger partial charge on any atom is 0.264 e. The fraction of sp³-hybridized carbons (Fsp3) is 0.393. The van der Waals surface area contributed by atoms with E-state index in [1.807, 2.05) is 50.3 Å². The van der Waals surface area contributed by atoms with Crippen molar-refractivity contribution in [1.82, 2.24) is 5.16 Å². The number of nitrogens with one attached hydrogen (secondary N) is 1. The Morgan fingerprint density at radius 1 is 1.00 bits per heavy atom. The normalized spacial score (nSPS) is 12.5. The summed E-state index contributed by atoms with van der Waals surface area (Å²) in [6, 6.07) is 11.8. The summed E-state index contributed by atoms with van der Waals surface area (Å²) in [7, 11) is -3.95. The highest BCUT2D eigenvalue weighted by Crippen LogP contribution is 2.38. The number of benzene rings is 2. The molecule has 1 atom stereocenters. The maximum atomic E-state index is 13.8. The van der Waals surface area contributed by atoms with Crippen LogP contribution in [0.2, 0.25) is 0 Å². The van der Waals surface area contributed by atoms with Crippen molar-refractivity contribution in [3.63, 3.8) is 0 Å². The van der Waals surface area contributed by atoms with Crippen LogP contribution >= 0.6 is 0 Å². The average Bonchev–Trinajstić information content (AvgIpc) is 3.11. The molecule has 3 aromatic rings. The zero-order chi connectivity index (χ0) is 24.9. The van der Waals surface area contributed by atoms with Gasteiger partial charge < -0.3 is 4.52 Å². The van der Waals surface area contributed by atoms with Crippen LogP contribution in [0.3, 0.4) is 0 Å². The third-order valence-corrected chi connectivity index (χ3v) is 8.12. The number of anilines is 1. The Kier molecular flexibility index (Phi) is 8.37. The number of aryl methyl sites for hydroxylation is 2. The molecule has 0 saturated heterocycles. The molecule has 0 saturated carbocycles. The predicted molar refractivity (Wildman–Crippen MR) is 140 cm³/mol. The minimum atomic E-state index is -3.95.